The topological polar surface area (TPSA) is 239 Å². The van der Waals surface area contributed by atoms with E-state index in [2.05, 4.69) is 25.9 Å². The van der Waals surface area contributed by atoms with Crippen LogP contribution in [-0.4, -0.2) is 101 Å². The number of hydrogen-bond donors (Lipinski definition) is 2. The summed E-state index contributed by atoms with van der Waals surface area (Å²) in [5.74, 6) is -6.77. The number of β-lactam (4-membered cyclic amide) rings is 1. The van der Waals surface area contributed by atoms with E-state index in [-0.39, 0.29) is 45.5 Å². The zero-order valence-corrected chi connectivity index (χ0v) is 51.1. The van der Waals surface area contributed by atoms with Crippen LogP contribution in [-0.2, 0) is 39.1 Å². The number of fused-ring (bicyclic) bond motifs is 2. The number of aromatic nitrogens is 4. The van der Waals surface area contributed by atoms with Crippen molar-refractivity contribution in [1.29, 1.82) is 0 Å². The van der Waals surface area contributed by atoms with Gasteiger partial charge in [0, 0.05) is 28.6 Å². The van der Waals surface area contributed by atoms with Crippen molar-refractivity contribution in [2.24, 2.45) is 5.16 Å². The molecule has 0 unspecified atom stereocenters. The average Bonchev–Trinajstić information content (AvgIpc) is 0.965. The van der Waals surface area contributed by atoms with Gasteiger partial charge in [0.2, 0.25) is 4.96 Å². The number of amides is 2. The van der Waals surface area contributed by atoms with E-state index in [0.29, 0.717) is 36.8 Å². The minimum Gasteiger partial charge on any atom is -0.448 e. The van der Waals surface area contributed by atoms with Crippen LogP contribution in [0.1, 0.15) is 61.2 Å². The van der Waals surface area contributed by atoms with Crippen LogP contribution < -0.4 is 25.7 Å². The molecule has 2 amide bonds. The van der Waals surface area contributed by atoms with Crippen molar-refractivity contribution in [3.05, 3.63) is 247 Å². The molecule has 1 saturated heterocycles. The van der Waals surface area contributed by atoms with E-state index in [9.17, 15) is 24.0 Å². The van der Waals surface area contributed by atoms with Gasteiger partial charge >= 0.3 is 23.9 Å². The van der Waals surface area contributed by atoms with Crippen molar-refractivity contribution in [2.45, 2.75) is 41.2 Å². The second kappa shape index (κ2) is 27.0. The summed E-state index contributed by atoms with van der Waals surface area (Å²) < 4.78 is 19.1. The van der Waals surface area contributed by atoms with Crippen molar-refractivity contribution in [1.82, 2.24) is 29.8 Å². The van der Waals surface area contributed by atoms with Gasteiger partial charge < -0.3 is 29.7 Å². The summed E-state index contributed by atoms with van der Waals surface area (Å²) in [6.07, 6.45) is -0.883. The molecular weight excluding hydrogens is 1240 g/mol. The lowest BCUT2D eigenvalue weighted by molar-refractivity contribution is -0.154. The van der Waals surface area contributed by atoms with E-state index in [0.717, 1.165) is 34.1 Å². The number of aryl methyl sites for hydroxylation is 2. The quantitative estimate of drug-likeness (QED) is 0.00782. The van der Waals surface area contributed by atoms with Crippen LogP contribution in [0.2, 0.25) is 0 Å². The second-order valence-corrected chi connectivity index (χ2v) is 24.3. The van der Waals surface area contributed by atoms with E-state index in [1.54, 1.807) is 11.4 Å². The molecule has 0 aliphatic carbocycles. The maximum atomic E-state index is 15.1. The number of esters is 3. The van der Waals surface area contributed by atoms with Crippen molar-refractivity contribution in [3.63, 3.8) is 0 Å². The molecule has 2 aliphatic heterocycles. The third-order valence-electron chi connectivity index (χ3n) is 14.0. The van der Waals surface area contributed by atoms with Gasteiger partial charge in [0.15, 0.2) is 32.8 Å². The smallest absolute Gasteiger partial charge is 0.366 e. The Bertz CT molecular complexity index is 4120. The molecule has 3 aromatic heterocycles. The van der Waals surface area contributed by atoms with Crippen LogP contribution in [0.4, 0.5) is 5.13 Å². The number of oxime groups is 1. The third kappa shape index (κ3) is 12.9. The number of rotatable bonds is 21. The maximum Gasteiger partial charge on any atom is 0.366 e. The molecule has 19 nitrogen and oxygen atoms in total. The maximum absolute atomic E-state index is 15.1. The Labute approximate surface area is 528 Å². The zero-order chi connectivity index (χ0) is 61.5. The van der Waals surface area contributed by atoms with Crippen LogP contribution in [0.15, 0.2) is 201 Å². The fourth-order valence-electron chi connectivity index (χ4n) is 9.94. The number of thioether (sulfide) groups is 2. The monoisotopic (exact) mass is 1290 g/mol. The lowest BCUT2D eigenvalue weighted by atomic mass is 9.77. The van der Waals surface area contributed by atoms with Gasteiger partial charge in [-0.15, -0.1) is 51.4 Å². The van der Waals surface area contributed by atoms with Gasteiger partial charge in [-0.05, 0) is 64.9 Å². The van der Waals surface area contributed by atoms with Crippen LogP contribution in [0.5, 0.6) is 11.5 Å². The van der Waals surface area contributed by atoms with Gasteiger partial charge in [0.05, 0.1) is 5.56 Å². The number of carbonyl (C=O) groups is 6. The van der Waals surface area contributed by atoms with Gasteiger partial charge in [-0.2, -0.15) is 4.98 Å². The average molecular weight is 1290 g/mol. The number of carbonyl (C=O) groups excluding carboxylic acids is 6. The largest absolute Gasteiger partial charge is 0.448 e. The first-order chi connectivity index (χ1) is 42.7. The molecule has 5 heterocycles. The Kier molecular flexibility index (Phi) is 18.6. The molecule has 444 valence electrons. The molecular formula is C63H48Cl2N8O11S4. The van der Waals surface area contributed by atoms with E-state index < -0.39 is 81.8 Å². The highest BCUT2D eigenvalue weighted by atomic mass is 35.5. The van der Waals surface area contributed by atoms with Crippen LogP contribution in [0, 0.1) is 13.8 Å². The fraction of sp³-hybridized carbons (Fsp3) is 0.159. The van der Waals surface area contributed by atoms with Crippen LogP contribution in [0.3, 0.4) is 0 Å². The zero-order valence-electron chi connectivity index (χ0n) is 46.4. The summed E-state index contributed by atoms with van der Waals surface area (Å²) in [7, 11) is 0. The Morgan fingerprint density at radius 3 is 1.86 bits per heavy atom. The summed E-state index contributed by atoms with van der Waals surface area (Å²) >= 11 is 16.4. The highest BCUT2D eigenvalue weighted by Gasteiger charge is 2.55. The molecule has 2 aliphatic rings. The predicted molar refractivity (Wildman–Crippen MR) is 336 cm³/mol. The second-order valence-electron chi connectivity index (χ2n) is 19.7. The van der Waals surface area contributed by atoms with Gasteiger partial charge in [0.25, 0.3) is 17.4 Å². The number of ether oxygens (including phenoxy) is 3. The number of benzene rings is 6. The Hall–Kier alpha value is -8.97. The number of nitrogens with zero attached hydrogens (tertiary/aromatic N) is 6. The van der Waals surface area contributed by atoms with Gasteiger partial charge in [-0.1, -0.05) is 180 Å². The molecule has 0 radical (unpaired) electrons. The molecule has 1 fully saturated rings. The van der Waals surface area contributed by atoms with Crippen molar-refractivity contribution >= 4 is 121 Å². The summed E-state index contributed by atoms with van der Waals surface area (Å²) in [5, 5.41) is 16.3. The first-order valence-electron chi connectivity index (χ1n) is 26.9. The minimum atomic E-state index is -1.27. The highest BCUT2D eigenvalue weighted by molar-refractivity contribution is 8.02. The van der Waals surface area contributed by atoms with E-state index in [4.69, 9.17) is 47.2 Å². The first kappa shape index (κ1) is 60.7. The van der Waals surface area contributed by atoms with E-state index in [1.807, 2.05) is 152 Å². The molecule has 6 aromatic carbocycles. The fourth-order valence-corrected chi connectivity index (χ4v) is 14.3. The van der Waals surface area contributed by atoms with Gasteiger partial charge in [-0.3, -0.25) is 28.9 Å². The lowest BCUT2D eigenvalue weighted by Crippen LogP contribution is -2.71. The summed E-state index contributed by atoms with van der Waals surface area (Å²) in [6.45, 7) is 3.23. The van der Waals surface area contributed by atoms with Gasteiger partial charge in [0.1, 0.15) is 40.1 Å². The predicted octanol–water partition coefficient (Wildman–Crippen LogP) is 10.3. The third-order valence-corrected chi connectivity index (χ3v) is 18.7. The molecule has 0 bridgehead atoms. The molecule has 2 N–H and O–H groups in total. The summed E-state index contributed by atoms with van der Waals surface area (Å²) in [4.78, 5) is 112. The molecule has 11 rings (SSSR count). The normalized spacial score (nSPS) is 14.9. The number of anilines is 1. The molecule has 88 heavy (non-hydrogen) atoms. The number of nitrogens with one attached hydrogen (secondary N) is 2. The van der Waals surface area contributed by atoms with E-state index >= 15 is 9.59 Å². The number of thiazole rings is 1. The Morgan fingerprint density at radius 2 is 1.30 bits per heavy atom. The first-order valence-corrected chi connectivity index (χ1v) is 31.7. The molecule has 9 aromatic rings. The van der Waals surface area contributed by atoms with E-state index in [1.165, 1.54) is 64.2 Å². The van der Waals surface area contributed by atoms with Crippen molar-refractivity contribution in [3.8, 4) is 11.5 Å². The van der Waals surface area contributed by atoms with Gasteiger partial charge in [-0.25, -0.2) is 19.1 Å². The Morgan fingerprint density at radius 1 is 0.739 bits per heavy atom. The summed E-state index contributed by atoms with van der Waals surface area (Å²) in [6, 6.07) is 50.0. The van der Waals surface area contributed by atoms with Crippen LogP contribution >= 0.6 is 69.4 Å². The minimum absolute atomic E-state index is 0.0137. The SMILES string of the molecule is Cc1cc(OC(=O)CCl)c(OC(=O)CCl)cc1C(=O)ON=C(C(=O)N[C@@H]1C(=O)N2C(C(=O)OC(c3ccccc3)c3ccccc3)=C(CSc3nn4c(C)cc(=O)nc4s3)CS[C@H]12)c1csc(NC(c2ccccc2)(c2ccccc2)c2ccccc2)n1. The Balaban J connectivity index is 0.944. The summed E-state index contributed by atoms with van der Waals surface area (Å²) in [5.41, 5.74) is 2.94. The number of halogens is 2. The van der Waals surface area contributed by atoms with Crippen molar-refractivity contribution in [2.75, 3.05) is 28.6 Å². The molecule has 0 spiro atoms. The van der Waals surface area contributed by atoms with Crippen LogP contribution in [0.25, 0.3) is 4.96 Å². The van der Waals surface area contributed by atoms with Crippen molar-refractivity contribution < 1.29 is 47.8 Å². The highest BCUT2D eigenvalue weighted by Crippen LogP contribution is 2.45. The molecule has 2 atom stereocenters. The molecule has 0 saturated carbocycles. The standard InChI is InChI=1S/C63H48Cl2N8O11S4/c1-36-28-46(81-49(75)31-64)47(82-50(76)32-65)30-44(36)58(79)84-71-51(45-35-86-60(66-45)69-63(41-22-12-5-13-23-41,42-24-14-6-15-25-42)43-26-16-7-17-27-43)55(77)68-52-56(78)72-53(59(80)83-54(38-18-8-3-9-19-38)39-20-10-4-11-21-39)40(33-85-57(52)72)34-87-62-70-73-37(2)29-48(74)67-61(73)88-62/h3-30,35,52,54,57H,31-34H2,1-2H3,(H,66,69)(H,68,77)/t52-,57-/m1/s1. The lowest BCUT2D eigenvalue weighted by Gasteiger charge is -2.49. The molecule has 25 heteroatoms. The number of hydrogen-bond acceptors (Lipinski definition) is 20. The number of alkyl halides is 2.